The molecule has 0 bridgehead atoms. The molecule has 1 rings (SSSR count). The third kappa shape index (κ3) is 5.17. The minimum Gasteiger partial charge on any atom is -0.480 e. The molecule has 1 unspecified atom stereocenters. The van der Waals surface area contributed by atoms with Gasteiger partial charge in [0.25, 0.3) is 0 Å². The van der Waals surface area contributed by atoms with Crippen molar-refractivity contribution in [3.63, 3.8) is 0 Å². The lowest BCUT2D eigenvalue weighted by atomic mass is 10.0. The number of nitrogens with two attached hydrogens (primary N) is 1. The van der Waals surface area contributed by atoms with Gasteiger partial charge in [0.05, 0.1) is 0 Å². The normalized spacial score (nSPS) is 18.8. The Morgan fingerprint density at radius 2 is 2.00 bits per heavy atom. The number of amides is 1. The Hall–Kier alpha value is -1.10. The molecule has 98 valence electrons. The molecule has 0 aromatic rings. The first-order valence-electron chi connectivity index (χ1n) is 6.18. The van der Waals surface area contributed by atoms with Crippen LogP contribution in [0, 0.1) is 11.8 Å². The number of carboxylic acids is 1. The summed E-state index contributed by atoms with van der Waals surface area (Å²) in [7, 11) is 0. The number of nitrogens with one attached hydrogen (secondary N) is 1. The Bertz CT molecular complexity index is 287. The molecule has 0 aliphatic heterocycles. The second kappa shape index (κ2) is 6.00. The molecule has 5 nitrogen and oxygen atoms in total. The van der Waals surface area contributed by atoms with E-state index in [1.54, 1.807) is 0 Å². The van der Waals surface area contributed by atoms with E-state index < -0.39 is 12.0 Å². The second-order valence-corrected chi connectivity index (χ2v) is 5.29. The summed E-state index contributed by atoms with van der Waals surface area (Å²) in [5, 5.41) is 11.5. The molecule has 17 heavy (non-hydrogen) atoms. The van der Waals surface area contributed by atoms with Crippen LogP contribution < -0.4 is 11.1 Å². The van der Waals surface area contributed by atoms with E-state index in [-0.39, 0.29) is 24.3 Å². The monoisotopic (exact) mass is 242 g/mol. The van der Waals surface area contributed by atoms with Gasteiger partial charge in [0, 0.05) is 12.5 Å². The summed E-state index contributed by atoms with van der Waals surface area (Å²) in [4.78, 5) is 22.6. The Balaban J connectivity index is 2.37. The highest BCUT2D eigenvalue weighted by Gasteiger charge is 2.30. The summed E-state index contributed by atoms with van der Waals surface area (Å²) in [5.41, 5.74) is 5.82. The van der Waals surface area contributed by atoms with E-state index in [4.69, 9.17) is 10.8 Å². The van der Waals surface area contributed by atoms with Crippen LogP contribution in [-0.2, 0) is 9.59 Å². The molecule has 1 aliphatic rings. The highest BCUT2D eigenvalue weighted by Crippen LogP contribution is 2.32. The van der Waals surface area contributed by atoms with Crippen molar-refractivity contribution in [2.45, 2.75) is 51.6 Å². The number of hydrogen-bond donors (Lipinski definition) is 3. The van der Waals surface area contributed by atoms with Crippen molar-refractivity contribution in [1.29, 1.82) is 0 Å². The number of carbonyl (C=O) groups is 2. The Morgan fingerprint density at radius 3 is 2.41 bits per heavy atom. The molecule has 0 heterocycles. The van der Waals surface area contributed by atoms with E-state index >= 15 is 0 Å². The van der Waals surface area contributed by atoms with Crippen LogP contribution >= 0.6 is 0 Å². The van der Waals surface area contributed by atoms with Crippen molar-refractivity contribution in [3.05, 3.63) is 0 Å². The van der Waals surface area contributed by atoms with Crippen LogP contribution in [0.25, 0.3) is 0 Å². The van der Waals surface area contributed by atoms with Crippen LogP contribution in [0.4, 0.5) is 0 Å². The molecule has 1 fully saturated rings. The van der Waals surface area contributed by atoms with Crippen LogP contribution in [0.2, 0.25) is 0 Å². The molecule has 0 spiro atoms. The van der Waals surface area contributed by atoms with Gasteiger partial charge in [-0.05, 0) is 31.1 Å². The van der Waals surface area contributed by atoms with Crippen LogP contribution in [-0.4, -0.2) is 29.1 Å². The zero-order chi connectivity index (χ0) is 13.0. The molecule has 0 aromatic carbocycles. The summed E-state index contributed by atoms with van der Waals surface area (Å²) in [5.74, 6) is -0.549. The first-order valence-corrected chi connectivity index (χ1v) is 6.18. The van der Waals surface area contributed by atoms with E-state index in [1.807, 2.05) is 13.8 Å². The van der Waals surface area contributed by atoms with Gasteiger partial charge in [0.1, 0.15) is 6.04 Å². The minimum atomic E-state index is -0.980. The predicted octanol–water partition coefficient (Wildman–Crippen LogP) is 0.729. The third-order valence-corrected chi connectivity index (χ3v) is 2.99. The lowest BCUT2D eigenvalue weighted by molar-refractivity contribution is -0.142. The SMILES string of the molecule is CC(C)C[C@@H](NC(=O)CC(N)C1CC1)C(=O)O. The van der Waals surface area contributed by atoms with Gasteiger partial charge in [-0.1, -0.05) is 13.8 Å². The molecule has 1 amide bonds. The molecular weight excluding hydrogens is 220 g/mol. The van der Waals surface area contributed by atoms with Gasteiger partial charge >= 0.3 is 5.97 Å². The number of hydrogen-bond acceptors (Lipinski definition) is 3. The van der Waals surface area contributed by atoms with Crippen molar-refractivity contribution in [3.8, 4) is 0 Å². The van der Waals surface area contributed by atoms with Crippen LogP contribution in [0.1, 0.15) is 39.5 Å². The van der Waals surface area contributed by atoms with Gasteiger partial charge in [-0.2, -0.15) is 0 Å². The van der Waals surface area contributed by atoms with Crippen LogP contribution in [0.3, 0.4) is 0 Å². The molecule has 1 saturated carbocycles. The fraction of sp³-hybridized carbons (Fsp3) is 0.833. The Morgan fingerprint density at radius 1 is 1.41 bits per heavy atom. The average Bonchev–Trinajstić information content (AvgIpc) is 2.98. The second-order valence-electron chi connectivity index (χ2n) is 5.29. The quantitative estimate of drug-likeness (QED) is 0.613. The predicted molar refractivity (Wildman–Crippen MR) is 64.3 cm³/mol. The van der Waals surface area contributed by atoms with Gasteiger partial charge in [0.15, 0.2) is 0 Å². The first-order chi connectivity index (χ1) is 7.90. The van der Waals surface area contributed by atoms with Gasteiger partial charge in [-0.15, -0.1) is 0 Å². The van der Waals surface area contributed by atoms with Crippen LogP contribution in [0.15, 0.2) is 0 Å². The standard InChI is InChI=1S/C12H22N2O3/c1-7(2)5-10(12(16)17)14-11(15)6-9(13)8-3-4-8/h7-10H,3-6,13H2,1-2H3,(H,14,15)(H,16,17)/t9?,10-/m1/s1. The fourth-order valence-electron chi connectivity index (χ4n) is 1.85. The summed E-state index contributed by atoms with van der Waals surface area (Å²) in [6, 6.07) is -0.919. The van der Waals surface area contributed by atoms with Crippen molar-refractivity contribution < 1.29 is 14.7 Å². The molecule has 2 atom stereocenters. The maximum Gasteiger partial charge on any atom is 0.326 e. The maximum absolute atomic E-state index is 11.6. The van der Waals surface area contributed by atoms with Crippen molar-refractivity contribution in [2.24, 2.45) is 17.6 Å². The minimum absolute atomic E-state index is 0.122. The van der Waals surface area contributed by atoms with Crippen molar-refractivity contribution in [2.75, 3.05) is 0 Å². The van der Waals surface area contributed by atoms with Gasteiger partial charge < -0.3 is 16.2 Å². The first kappa shape index (κ1) is 14.0. The van der Waals surface area contributed by atoms with E-state index in [9.17, 15) is 9.59 Å². The van der Waals surface area contributed by atoms with E-state index in [0.717, 1.165) is 12.8 Å². The lowest BCUT2D eigenvalue weighted by Gasteiger charge is -2.17. The maximum atomic E-state index is 11.6. The highest BCUT2D eigenvalue weighted by atomic mass is 16.4. The van der Waals surface area contributed by atoms with Gasteiger partial charge in [-0.25, -0.2) is 4.79 Å². The zero-order valence-electron chi connectivity index (χ0n) is 10.5. The van der Waals surface area contributed by atoms with Gasteiger partial charge in [-0.3, -0.25) is 4.79 Å². The summed E-state index contributed by atoms with van der Waals surface area (Å²) >= 11 is 0. The molecule has 5 heteroatoms. The zero-order valence-corrected chi connectivity index (χ0v) is 10.5. The van der Waals surface area contributed by atoms with Gasteiger partial charge in [0.2, 0.25) is 5.91 Å². The molecule has 0 saturated heterocycles. The lowest BCUT2D eigenvalue weighted by Crippen LogP contribution is -2.43. The number of carboxylic acid groups (broad SMARTS) is 1. The van der Waals surface area contributed by atoms with E-state index in [2.05, 4.69) is 5.32 Å². The third-order valence-electron chi connectivity index (χ3n) is 2.99. The number of aliphatic carboxylic acids is 1. The molecule has 4 N–H and O–H groups in total. The number of carbonyl (C=O) groups excluding carboxylic acids is 1. The van der Waals surface area contributed by atoms with Crippen molar-refractivity contribution in [1.82, 2.24) is 5.32 Å². The smallest absolute Gasteiger partial charge is 0.326 e. The molecular formula is C12H22N2O3. The Kier molecular flexibility index (Phi) is 4.93. The molecule has 0 radical (unpaired) electrons. The largest absolute Gasteiger partial charge is 0.480 e. The molecule has 0 aromatic heterocycles. The van der Waals surface area contributed by atoms with E-state index in [0.29, 0.717) is 12.3 Å². The van der Waals surface area contributed by atoms with Crippen molar-refractivity contribution >= 4 is 11.9 Å². The topological polar surface area (TPSA) is 92.4 Å². The van der Waals surface area contributed by atoms with Crippen LogP contribution in [0.5, 0.6) is 0 Å². The van der Waals surface area contributed by atoms with E-state index in [1.165, 1.54) is 0 Å². The fourth-order valence-corrected chi connectivity index (χ4v) is 1.85. The Labute approximate surface area is 102 Å². The molecule has 1 aliphatic carbocycles. The summed E-state index contributed by atoms with van der Waals surface area (Å²) in [6.07, 6.45) is 2.85. The summed E-state index contributed by atoms with van der Waals surface area (Å²) in [6.45, 7) is 3.86. The average molecular weight is 242 g/mol. The number of rotatable bonds is 7. The highest BCUT2D eigenvalue weighted by molar-refractivity contribution is 5.83. The summed E-state index contributed by atoms with van der Waals surface area (Å²) < 4.78 is 0.